The van der Waals surface area contributed by atoms with Crippen LogP contribution in [-0.2, 0) is 0 Å². The minimum atomic E-state index is -0.200. The van der Waals surface area contributed by atoms with Crippen molar-refractivity contribution in [3.05, 3.63) is 52.0 Å². The summed E-state index contributed by atoms with van der Waals surface area (Å²) in [6, 6.07) is 10.5. The van der Waals surface area contributed by atoms with Crippen LogP contribution in [0.1, 0.15) is 15.9 Å². The number of aryl methyl sites for hydroxylation is 1. The fourth-order valence-electron chi connectivity index (χ4n) is 1.74. The monoisotopic (exact) mass is 334 g/mol. The fraction of sp³-hybridized carbons (Fsp3) is 0.133. The molecule has 0 saturated heterocycles. The van der Waals surface area contributed by atoms with Crippen molar-refractivity contribution in [3.63, 3.8) is 0 Å². The Labute approximate surface area is 126 Å². The molecule has 0 aliphatic heterocycles. The first-order chi connectivity index (χ1) is 9.51. The van der Waals surface area contributed by atoms with Crippen LogP contribution in [0.5, 0.6) is 5.75 Å². The van der Waals surface area contributed by atoms with E-state index in [0.717, 1.165) is 10.0 Å². The Kier molecular flexibility index (Phi) is 4.29. The summed E-state index contributed by atoms with van der Waals surface area (Å²) in [6.07, 6.45) is 0. The maximum Gasteiger partial charge on any atom is 0.255 e. The van der Waals surface area contributed by atoms with Gasteiger partial charge in [0.25, 0.3) is 5.91 Å². The molecule has 0 aromatic heterocycles. The van der Waals surface area contributed by atoms with Crippen LogP contribution in [0, 0.1) is 6.92 Å². The summed E-state index contributed by atoms with van der Waals surface area (Å²) in [5, 5.41) is 2.81. The van der Waals surface area contributed by atoms with Gasteiger partial charge in [0.2, 0.25) is 0 Å². The van der Waals surface area contributed by atoms with Gasteiger partial charge in [0.1, 0.15) is 5.75 Å². The number of nitrogen functional groups attached to an aromatic ring is 1. The van der Waals surface area contributed by atoms with Crippen LogP contribution in [-0.4, -0.2) is 13.0 Å². The number of carbonyl (C=O) groups excluding carboxylic acids is 1. The molecule has 2 aromatic rings. The predicted molar refractivity (Wildman–Crippen MR) is 84.2 cm³/mol. The Morgan fingerprint density at radius 3 is 2.65 bits per heavy atom. The molecule has 5 heteroatoms. The van der Waals surface area contributed by atoms with Crippen molar-refractivity contribution in [2.45, 2.75) is 6.92 Å². The lowest BCUT2D eigenvalue weighted by molar-refractivity contribution is 0.102. The summed E-state index contributed by atoms with van der Waals surface area (Å²) in [5.74, 6) is 0.332. The van der Waals surface area contributed by atoms with Gasteiger partial charge in [0.15, 0.2) is 0 Å². The van der Waals surface area contributed by atoms with Crippen LogP contribution in [0.4, 0.5) is 11.4 Å². The Bertz CT molecular complexity index is 656. The molecule has 0 radical (unpaired) electrons. The molecule has 0 spiro atoms. The van der Waals surface area contributed by atoms with E-state index in [1.165, 1.54) is 7.11 Å². The molecule has 1 amide bonds. The molecular weight excluding hydrogens is 320 g/mol. The molecule has 0 saturated carbocycles. The van der Waals surface area contributed by atoms with E-state index in [2.05, 4.69) is 21.2 Å². The van der Waals surface area contributed by atoms with Crippen LogP contribution in [0.25, 0.3) is 0 Å². The highest BCUT2D eigenvalue weighted by atomic mass is 79.9. The Morgan fingerprint density at radius 1 is 1.25 bits per heavy atom. The van der Waals surface area contributed by atoms with Crippen molar-refractivity contribution >= 4 is 33.2 Å². The average molecular weight is 335 g/mol. The fourth-order valence-corrected chi connectivity index (χ4v) is 2.12. The minimum Gasteiger partial charge on any atom is -0.494 e. The van der Waals surface area contributed by atoms with E-state index in [0.29, 0.717) is 22.7 Å². The molecule has 4 nitrogen and oxygen atoms in total. The van der Waals surface area contributed by atoms with Gasteiger partial charge in [-0.2, -0.15) is 0 Å². The first kappa shape index (κ1) is 14.4. The largest absolute Gasteiger partial charge is 0.494 e. The van der Waals surface area contributed by atoms with Crippen molar-refractivity contribution in [2.24, 2.45) is 0 Å². The lowest BCUT2D eigenvalue weighted by atomic mass is 10.1. The second-order valence-corrected chi connectivity index (χ2v) is 5.23. The molecule has 0 aliphatic rings. The zero-order valence-electron chi connectivity index (χ0n) is 11.2. The molecule has 20 heavy (non-hydrogen) atoms. The first-order valence-electron chi connectivity index (χ1n) is 6.02. The molecular formula is C15H15BrN2O2. The third-order valence-corrected chi connectivity index (χ3v) is 3.76. The summed E-state index contributed by atoms with van der Waals surface area (Å²) in [6.45, 7) is 1.97. The maximum absolute atomic E-state index is 12.2. The van der Waals surface area contributed by atoms with Gasteiger partial charge in [-0.05, 0) is 36.8 Å². The zero-order chi connectivity index (χ0) is 14.7. The highest BCUT2D eigenvalue weighted by Gasteiger charge is 2.11. The SMILES string of the molecule is COc1cc(N)ccc1NC(=O)c1ccc(C)c(Br)c1. The van der Waals surface area contributed by atoms with Crippen LogP contribution >= 0.6 is 15.9 Å². The average Bonchev–Trinajstić information content (AvgIpc) is 2.43. The summed E-state index contributed by atoms with van der Waals surface area (Å²) in [4.78, 5) is 12.2. The van der Waals surface area contributed by atoms with Crippen LogP contribution in [0.2, 0.25) is 0 Å². The van der Waals surface area contributed by atoms with Gasteiger partial charge in [-0.1, -0.05) is 22.0 Å². The maximum atomic E-state index is 12.2. The number of ether oxygens (including phenoxy) is 1. The molecule has 2 rings (SSSR count). The Morgan fingerprint density at radius 2 is 2.00 bits per heavy atom. The molecule has 0 atom stereocenters. The van der Waals surface area contributed by atoms with Crippen molar-refractivity contribution in [3.8, 4) is 5.75 Å². The topological polar surface area (TPSA) is 64.3 Å². The van der Waals surface area contributed by atoms with E-state index in [9.17, 15) is 4.79 Å². The second kappa shape index (κ2) is 5.96. The van der Waals surface area contributed by atoms with Crippen molar-refractivity contribution in [1.82, 2.24) is 0 Å². The lowest BCUT2D eigenvalue weighted by Gasteiger charge is -2.11. The predicted octanol–water partition coefficient (Wildman–Crippen LogP) is 3.60. The van der Waals surface area contributed by atoms with Crippen molar-refractivity contribution < 1.29 is 9.53 Å². The van der Waals surface area contributed by atoms with Gasteiger partial charge in [-0.3, -0.25) is 4.79 Å². The number of methoxy groups -OCH3 is 1. The summed E-state index contributed by atoms with van der Waals surface area (Å²) in [7, 11) is 1.53. The molecule has 3 N–H and O–H groups in total. The number of hydrogen-bond acceptors (Lipinski definition) is 3. The summed E-state index contributed by atoms with van der Waals surface area (Å²) < 4.78 is 6.10. The quantitative estimate of drug-likeness (QED) is 0.843. The molecule has 0 unspecified atom stereocenters. The number of benzene rings is 2. The number of hydrogen-bond donors (Lipinski definition) is 2. The van der Waals surface area contributed by atoms with Gasteiger partial charge in [-0.15, -0.1) is 0 Å². The number of carbonyl (C=O) groups is 1. The van der Waals surface area contributed by atoms with E-state index in [1.807, 2.05) is 13.0 Å². The number of nitrogens with one attached hydrogen (secondary N) is 1. The lowest BCUT2D eigenvalue weighted by Crippen LogP contribution is -2.12. The molecule has 0 aliphatic carbocycles. The van der Waals surface area contributed by atoms with Crippen molar-refractivity contribution in [2.75, 3.05) is 18.2 Å². The normalized spacial score (nSPS) is 10.2. The summed E-state index contributed by atoms with van der Waals surface area (Å²) >= 11 is 3.42. The number of nitrogens with two attached hydrogens (primary N) is 1. The zero-order valence-corrected chi connectivity index (χ0v) is 12.8. The van der Waals surface area contributed by atoms with E-state index in [1.54, 1.807) is 30.3 Å². The third kappa shape index (κ3) is 3.11. The Balaban J connectivity index is 2.25. The summed E-state index contributed by atoms with van der Waals surface area (Å²) in [5.41, 5.74) is 8.50. The molecule has 104 valence electrons. The van der Waals surface area contributed by atoms with Gasteiger partial charge in [-0.25, -0.2) is 0 Å². The number of halogens is 1. The first-order valence-corrected chi connectivity index (χ1v) is 6.81. The number of rotatable bonds is 3. The van der Waals surface area contributed by atoms with Crippen LogP contribution in [0.3, 0.4) is 0 Å². The third-order valence-electron chi connectivity index (χ3n) is 2.91. The number of anilines is 2. The minimum absolute atomic E-state index is 0.200. The van der Waals surface area contributed by atoms with E-state index < -0.39 is 0 Å². The van der Waals surface area contributed by atoms with Gasteiger partial charge in [0, 0.05) is 21.8 Å². The second-order valence-electron chi connectivity index (χ2n) is 4.38. The molecule has 0 bridgehead atoms. The van der Waals surface area contributed by atoms with Gasteiger partial charge in [0.05, 0.1) is 12.8 Å². The molecule has 0 heterocycles. The van der Waals surface area contributed by atoms with E-state index in [-0.39, 0.29) is 5.91 Å². The van der Waals surface area contributed by atoms with Gasteiger partial charge >= 0.3 is 0 Å². The van der Waals surface area contributed by atoms with Crippen LogP contribution < -0.4 is 15.8 Å². The molecule has 2 aromatic carbocycles. The van der Waals surface area contributed by atoms with Crippen LogP contribution in [0.15, 0.2) is 40.9 Å². The highest BCUT2D eigenvalue weighted by Crippen LogP contribution is 2.27. The number of amides is 1. The Hall–Kier alpha value is -2.01. The standard InChI is InChI=1S/C15H15BrN2O2/c1-9-3-4-10(7-12(9)16)15(19)18-13-6-5-11(17)8-14(13)20-2/h3-8H,17H2,1-2H3,(H,18,19). The molecule has 0 fully saturated rings. The highest BCUT2D eigenvalue weighted by molar-refractivity contribution is 9.10. The smallest absolute Gasteiger partial charge is 0.255 e. The van der Waals surface area contributed by atoms with Gasteiger partial charge < -0.3 is 15.8 Å². The van der Waals surface area contributed by atoms with E-state index in [4.69, 9.17) is 10.5 Å². The van der Waals surface area contributed by atoms with Crippen molar-refractivity contribution in [1.29, 1.82) is 0 Å². The van der Waals surface area contributed by atoms with E-state index >= 15 is 0 Å².